The van der Waals surface area contributed by atoms with Crippen molar-refractivity contribution >= 4 is 34.3 Å². The maximum atomic E-state index is 13.1. The zero-order valence-electron chi connectivity index (χ0n) is 17.2. The highest BCUT2D eigenvalue weighted by atomic mass is 32.2. The number of fused-ring (bicyclic) bond motifs is 1. The fourth-order valence-corrected chi connectivity index (χ4v) is 4.91. The van der Waals surface area contributed by atoms with Crippen LogP contribution in [-0.2, 0) is 0 Å². The minimum atomic E-state index is -0.180. The highest BCUT2D eigenvalue weighted by Gasteiger charge is 2.33. The van der Waals surface area contributed by atoms with Crippen LogP contribution in [0.4, 0.5) is 10.5 Å². The van der Waals surface area contributed by atoms with E-state index < -0.39 is 0 Å². The van der Waals surface area contributed by atoms with E-state index in [1.54, 1.807) is 39.2 Å². The minimum Gasteiger partial charge on any atom is -0.496 e. The van der Waals surface area contributed by atoms with Crippen molar-refractivity contribution in [3.05, 3.63) is 60.2 Å². The molecule has 3 aromatic carbocycles. The van der Waals surface area contributed by atoms with Gasteiger partial charge in [0, 0.05) is 29.6 Å². The van der Waals surface area contributed by atoms with Crippen molar-refractivity contribution in [1.82, 2.24) is 4.90 Å². The molecule has 1 saturated heterocycles. The van der Waals surface area contributed by atoms with E-state index in [-0.39, 0.29) is 11.4 Å². The number of ether oxygens (including phenoxy) is 3. The summed E-state index contributed by atoms with van der Waals surface area (Å²) in [6, 6.07) is 17.6. The summed E-state index contributed by atoms with van der Waals surface area (Å²) in [7, 11) is 4.80. The Morgan fingerprint density at radius 1 is 0.933 bits per heavy atom. The summed E-state index contributed by atoms with van der Waals surface area (Å²) >= 11 is 1.70. The summed E-state index contributed by atoms with van der Waals surface area (Å²) in [5.41, 5.74) is 1.65. The number of rotatable bonds is 5. The molecule has 1 unspecified atom stereocenters. The van der Waals surface area contributed by atoms with Crippen molar-refractivity contribution in [3.63, 3.8) is 0 Å². The van der Waals surface area contributed by atoms with E-state index in [4.69, 9.17) is 14.2 Å². The van der Waals surface area contributed by atoms with Gasteiger partial charge in [0.25, 0.3) is 0 Å². The Morgan fingerprint density at radius 2 is 1.63 bits per heavy atom. The van der Waals surface area contributed by atoms with Gasteiger partial charge in [-0.1, -0.05) is 30.3 Å². The molecule has 4 rings (SSSR count). The molecule has 1 N–H and O–H groups in total. The third-order valence-corrected chi connectivity index (χ3v) is 6.40. The molecule has 156 valence electrons. The predicted molar refractivity (Wildman–Crippen MR) is 121 cm³/mol. The summed E-state index contributed by atoms with van der Waals surface area (Å²) in [6.07, 6.45) is 0. The first-order chi connectivity index (χ1) is 14.6. The van der Waals surface area contributed by atoms with Gasteiger partial charge in [-0.2, -0.15) is 0 Å². The van der Waals surface area contributed by atoms with Crippen LogP contribution < -0.4 is 19.5 Å². The van der Waals surface area contributed by atoms with Crippen molar-refractivity contribution in [2.45, 2.75) is 5.37 Å². The number of thioether (sulfide) groups is 1. The Bertz CT molecular complexity index is 1070. The lowest BCUT2D eigenvalue weighted by Crippen LogP contribution is -2.34. The number of urea groups is 1. The molecule has 7 heteroatoms. The Morgan fingerprint density at radius 3 is 2.37 bits per heavy atom. The summed E-state index contributed by atoms with van der Waals surface area (Å²) in [5.74, 6) is 2.70. The Hall–Kier alpha value is -3.06. The number of carbonyl (C=O) groups excluding carboxylic acids is 1. The second kappa shape index (κ2) is 8.75. The molecule has 1 fully saturated rings. The molecule has 0 aliphatic carbocycles. The SMILES string of the molecule is COc1cc(OC)c(C2SCCN2C(=O)Nc2ccc3ccccc3c2)cc1OC. The first-order valence-electron chi connectivity index (χ1n) is 9.62. The lowest BCUT2D eigenvalue weighted by Gasteiger charge is -2.26. The molecule has 1 atom stereocenters. The van der Waals surface area contributed by atoms with Crippen LogP contribution in [0.3, 0.4) is 0 Å². The fourth-order valence-electron chi connectivity index (χ4n) is 3.64. The molecule has 0 bridgehead atoms. The van der Waals surface area contributed by atoms with Crippen LogP contribution in [0, 0.1) is 0 Å². The maximum Gasteiger partial charge on any atom is 0.323 e. The van der Waals surface area contributed by atoms with Crippen molar-refractivity contribution in [1.29, 1.82) is 0 Å². The van der Waals surface area contributed by atoms with Gasteiger partial charge in [0.05, 0.1) is 21.3 Å². The number of amides is 2. The molecule has 0 aromatic heterocycles. The Balaban J connectivity index is 1.60. The largest absolute Gasteiger partial charge is 0.496 e. The Kier molecular flexibility index (Phi) is 5.90. The summed E-state index contributed by atoms with van der Waals surface area (Å²) in [4.78, 5) is 14.9. The van der Waals surface area contributed by atoms with Crippen LogP contribution in [0.15, 0.2) is 54.6 Å². The summed E-state index contributed by atoms with van der Waals surface area (Å²) in [5, 5.41) is 5.09. The lowest BCUT2D eigenvalue weighted by molar-refractivity contribution is 0.213. The molecular formula is C23H24N2O4S. The normalized spacial score (nSPS) is 15.8. The van der Waals surface area contributed by atoms with Crippen LogP contribution in [0.2, 0.25) is 0 Å². The molecular weight excluding hydrogens is 400 g/mol. The molecule has 0 radical (unpaired) electrons. The van der Waals surface area contributed by atoms with Gasteiger partial charge in [-0.05, 0) is 29.0 Å². The average Bonchev–Trinajstić information content (AvgIpc) is 3.28. The lowest BCUT2D eigenvalue weighted by atomic mass is 10.1. The van der Waals surface area contributed by atoms with Gasteiger partial charge in [0.2, 0.25) is 0 Å². The van der Waals surface area contributed by atoms with E-state index in [2.05, 4.69) is 11.4 Å². The number of nitrogens with one attached hydrogen (secondary N) is 1. The number of methoxy groups -OCH3 is 3. The zero-order valence-corrected chi connectivity index (χ0v) is 18.0. The van der Waals surface area contributed by atoms with Crippen LogP contribution in [0.25, 0.3) is 10.8 Å². The van der Waals surface area contributed by atoms with Crippen molar-refractivity contribution < 1.29 is 19.0 Å². The van der Waals surface area contributed by atoms with E-state index >= 15 is 0 Å². The molecule has 1 aliphatic rings. The fraction of sp³-hybridized carbons (Fsp3) is 0.261. The second-order valence-electron chi connectivity index (χ2n) is 6.86. The van der Waals surface area contributed by atoms with E-state index in [0.29, 0.717) is 23.8 Å². The number of hydrogen-bond acceptors (Lipinski definition) is 5. The molecule has 1 aliphatic heterocycles. The first kappa shape index (κ1) is 20.2. The van der Waals surface area contributed by atoms with Crippen LogP contribution in [0.1, 0.15) is 10.9 Å². The van der Waals surface area contributed by atoms with E-state index in [9.17, 15) is 4.79 Å². The third-order valence-electron chi connectivity index (χ3n) is 5.15. The quantitative estimate of drug-likeness (QED) is 0.614. The van der Waals surface area contributed by atoms with E-state index in [1.165, 1.54) is 0 Å². The van der Waals surface area contributed by atoms with E-state index in [1.807, 2.05) is 47.4 Å². The standard InChI is InChI=1S/C23H24N2O4S/c1-27-19-14-21(29-3)20(28-2)13-18(19)22-25(10-11-30-22)23(26)24-17-9-8-15-6-4-5-7-16(15)12-17/h4-9,12-14,22H,10-11H2,1-3H3,(H,24,26). The summed E-state index contributed by atoms with van der Waals surface area (Å²) < 4.78 is 16.4. The topological polar surface area (TPSA) is 60.0 Å². The molecule has 6 nitrogen and oxygen atoms in total. The molecule has 0 saturated carbocycles. The molecule has 30 heavy (non-hydrogen) atoms. The highest BCUT2D eigenvalue weighted by Crippen LogP contribution is 2.46. The van der Waals surface area contributed by atoms with Crippen molar-refractivity contribution in [3.8, 4) is 17.2 Å². The smallest absolute Gasteiger partial charge is 0.323 e. The number of anilines is 1. The van der Waals surface area contributed by atoms with Gasteiger partial charge in [-0.3, -0.25) is 0 Å². The van der Waals surface area contributed by atoms with Gasteiger partial charge in [0.15, 0.2) is 11.5 Å². The van der Waals surface area contributed by atoms with Crippen molar-refractivity contribution in [2.75, 3.05) is 38.9 Å². The first-order valence-corrected chi connectivity index (χ1v) is 10.7. The van der Waals surface area contributed by atoms with Gasteiger partial charge in [-0.15, -0.1) is 11.8 Å². The van der Waals surface area contributed by atoms with Crippen molar-refractivity contribution in [2.24, 2.45) is 0 Å². The number of hydrogen-bond donors (Lipinski definition) is 1. The number of benzene rings is 3. The zero-order chi connectivity index (χ0) is 21.1. The van der Waals surface area contributed by atoms with Crippen LogP contribution in [-0.4, -0.2) is 44.6 Å². The average molecular weight is 425 g/mol. The molecule has 3 aromatic rings. The number of nitrogens with zero attached hydrogens (tertiary/aromatic N) is 1. The monoisotopic (exact) mass is 424 g/mol. The van der Waals surface area contributed by atoms with Crippen LogP contribution >= 0.6 is 11.8 Å². The van der Waals surface area contributed by atoms with Crippen LogP contribution in [0.5, 0.6) is 17.2 Å². The summed E-state index contributed by atoms with van der Waals surface area (Å²) in [6.45, 7) is 0.645. The molecule has 2 amide bonds. The van der Waals surface area contributed by atoms with Gasteiger partial charge in [-0.25, -0.2) is 4.79 Å². The third kappa shape index (κ3) is 3.85. The van der Waals surface area contributed by atoms with Gasteiger partial charge >= 0.3 is 6.03 Å². The second-order valence-corrected chi connectivity index (χ2v) is 8.05. The molecule has 1 heterocycles. The van der Waals surface area contributed by atoms with Gasteiger partial charge in [0.1, 0.15) is 11.1 Å². The number of carbonyl (C=O) groups is 1. The van der Waals surface area contributed by atoms with Gasteiger partial charge < -0.3 is 24.4 Å². The highest BCUT2D eigenvalue weighted by molar-refractivity contribution is 7.99. The predicted octanol–water partition coefficient (Wildman–Crippen LogP) is 5.15. The minimum absolute atomic E-state index is 0.142. The Labute approximate surface area is 180 Å². The van der Waals surface area contributed by atoms with E-state index in [0.717, 1.165) is 27.8 Å². The molecule has 0 spiro atoms. The maximum absolute atomic E-state index is 13.1.